The molecule has 0 aliphatic carbocycles. The van der Waals surface area contributed by atoms with Crippen LogP contribution in [0.1, 0.15) is 32.1 Å². The summed E-state index contributed by atoms with van der Waals surface area (Å²) < 4.78 is 0. The maximum Gasteiger partial charge on any atom is 0.305 e. The fourth-order valence-corrected chi connectivity index (χ4v) is 1.21. The van der Waals surface area contributed by atoms with E-state index in [4.69, 9.17) is 10.8 Å². The minimum Gasteiger partial charge on any atom is -0.481 e. The molecule has 0 heterocycles. The van der Waals surface area contributed by atoms with Crippen LogP contribution in [0.3, 0.4) is 0 Å². The molecule has 6 nitrogen and oxygen atoms in total. The predicted octanol–water partition coefficient (Wildman–Crippen LogP) is -0.336. The summed E-state index contributed by atoms with van der Waals surface area (Å²) in [4.78, 5) is 32.0. The zero-order valence-electron chi connectivity index (χ0n) is 9.15. The molecule has 4 N–H and O–H groups in total. The maximum atomic E-state index is 11.3. The van der Waals surface area contributed by atoms with E-state index in [9.17, 15) is 14.4 Å². The number of unbranched alkanes of at least 4 members (excludes halogenated alkanes) is 2. The Labute approximate surface area is 94.2 Å². The van der Waals surface area contributed by atoms with E-state index in [1.807, 2.05) is 0 Å². The molecule has 0 spiro atoms. The number of carbonyl (C=O) groups excluding carboxylic acids is 2. The van der Waals surface area contributed by atoms with Gasteiger partial charge in [0, 0.05) is 6.42 Å². The number of carboxylic acids is 1. The van der Waals surface area contributed by atoms with Crippen LogP contribution in [-0.4, -0.2) is 35.9 Å². The molecule has 0 aromatic carbocycles. The number of aldehydes is 1. The lowest BCUT2D eigenvalue weighted by molar-refractivity contribution is -0.138. The monoisotopic (exact) mass is 230 g/mol. The zero-order valence-corrected chi connectivity index (χ0v) is 9.15. The van der Waals surface area contributed by atoms with Crippen molar-refractivity contribution in [3.05, 3.63) is 0 Å². The van der Waals surface area contributed by atoms with Crippen molar-refractivity contribution in [2.75, 3.05) is 6.54 Å². The van der Waals surface area contributed by atoms with Crippen LogP contribution in [0.5, 0.6) is 0 Å². The molecule has 0 aromatic heterocycles. The van der Waals surface area contributed by atoms with Gasteiger partial charge in [-0.05, 0) is 19.4 Å². The van der Waals surface area contributed by atoms with Gasteiger partial charge in [-0.15, -0.1) is 0 Å². The Balaban J connectivity index is 3.74. The van der Waals surface area contributed by atoms with E-state index >= 15 is 0 Å². The average Bonchev–Trinajstić information content (AvgIpc) is 2.23. The van der Waals surface area contributed by atoms with Gasteiger partial charge in [0.1, 0.15) is 6.29 Å². The van der Waals surface area contributed by atoms with E-state index in [1.165, 1.54) is 0 Å². The number of aliphatic carboxylic acids is 1. The summed E-state index contributed by atoms with van der Waals surface area (Å²) >= 11 is 0. The standard InChI is InChI=1S/C10H18N2O4/c11-5-3-1-2-4-9(14)12-8(7-13)6-10(15)16/h7-8H,1-6,11H2,(H,12,14)(H,15,16). The van der Waals surface area contributed by atoms with Crippen molar-refractivity contribution < 1.29 is 19.5 Å². The van der Waals surface area contributed by atoms with Crippen molar-refractivity contribution in [2.45, 2.75) is 38.1 Å². The highest BCUT2D eigenvalue weighted by atomic mass is 16.4. The lowest BCUT2D eigenvalue weighted by atomic mass is 10.1. The quantitative estimate of drug-likeness (QED) is 0.371. The largest absolute Gasteiger partial charge is 0.481 e. The van der Waals surface area contributed by atoms with Gasteiger partial charge in [0.25, 0.3) is 0 Å². The second kappa shape index (κ2) is 8.84. The number of hydrogen-bond acceptors (Lipinski definition) is 4. The van der Waals surface area contributed by atoms with Crippen molar-refractivity contribution in [1.82, 2.24) is 5.32 Å². The first-order valence-electron chi connectivity index (χ1n) is 5.26. The van der Waals surface area contributed by atoms with E-state index in [0.717, 1.165) is 12.8 Å². The highest BCUT2D eigenvalue weighted by molar-refractivity contribution is 5.82. The van der Waals surface area contributed by atoms with Gasteiger partial charge < -0.3 is 21.0 Å². The minimum atomic E-state index is -1.11. The molecular formula is C10H18N2O4. The molecule has 1 unspecified atom stereocenters. The molecular weight excluding hydrogens is 212 g/mol. The van der Waals surface area contributed by atoms with Crippen LogP contribution < -0.4 is 11.1 Å². The molecule has 0 rings (SSSR count). The summed E-state index contributed by atoms with van der Waals surface area (Å²) in [5, 5.41) is 10.8. The van der Waals surface area contributed by atoms with Crippen LogP contribution >= 0.6 is 0 Å². The number of nitrogens with two attached hydrogens (primary N) is 1. The Kier molecular flexibility index (Phi) is 8.05. The number of carbonyl (C=O) groups is 3. The molecule has 92 valence electrons. The second-order valence-electron chi connectivity index (χ2n) is 3.51. The summed E-state index contributed by atoms with van der Waals surface area (Å²) in [7, 11) is 0. The molecule has 0 aliphatic rings. The molecule has 6 heteroatoms. The van der Waals surface area contributed by atoms with E-state index < -0.39 is 12.0 Å². The first-order valence-corrected chi connectivity index (χ1v) is 5.26. The minimum absolute atomic E-state index is 0.296. The van der Waals surface area contributed by atoms with Gasteiger partial charge in [-0.3, -0.25) is 9.59 Å². The number of rotatable bonds is 9. The average molecular weight is 230 g/mol. The SMILES string of the molecule is NCCCCCC(=O)NC(C=O)CC(=O)O. The van der Waals surface area contributed by atoms with Crippen LogP contribution in [-0.2, 0) is 14.4 Å². The molecule has 0 bridgehead atoms. The maximum absolute atomic E-state index is 11.3. The lowest BCUT2D eigenvalue weighted by Crippen LogP contribution is -2.37. The third-order valence-electron chi connectivity index (χ3n) is 2.01. The van der Waals surface area contributed by atoms with Crippen LogP contribution in [0.15, 0.2) is 0 Å². The Hall–Kier alpha value is -1.43. The van der Waals surface area contributed by atoms with Crippen molar-refractivity contribution in [3.8, 4) is 0 Å². The van der Waals surface area contributed by atoms with Crippen LogP contribution in [0.4, 0.5) is 0 Å². The molecule has 0 saturated carbocycles. The smallest absolute Gasteiger partial charge is 0.305 e. The highest BCUT2D eigenvalue weighted by Gasteiger charge is 2.14. The van der Waals surface area contributed by atoms with Crippen LogP contribution in [0.2, 0.25) is 0 Å². The second-order valence-corrected chi connectivity index (χ2v) is 3.51. The molecule has 16 heavy (non-hydrogen) atoms. The number of amides is 1. The van der Waals surface area contributed by atoms with Gasteiger partial charge in [0.2, 0.25) is 5.91 Å². The van der Waals surface area contributed by atoms with E-state index in [1.54, 1.807) is 0 Å². The van der Waals surface area contributed by atoms with Crippen molar-refractivity contribution in [2.24, 2.45) is 5.73 Å². The van der Waals surface area contributed by atoms with Crippen LogP contribution in [0, 0.1) is 0 Å². The Bertz CT molecular complexity index is 243. The fourth-order valence-electron chi connectivity index (χ4n) is 1.21. The summed E-state index contributed by atoms with van der Waals surface area (Å²) in [6.45, 7) is 0.595. The third-order valence-corrected chi connectivity index (χ3v) is 2.01. The molecule has 0 saturated heterocycles. The van der Waals surface area contributed by atoms with E-state index in [-0.39, 0.29) is 12.3 Å². The molecule has 1 atom stereocenters. The highest BCUT2D eigenvalue weighted by Crippen LogP contribution is 1.99. The van der Waals surface area contributed by atoms with E-state index in [2.05, 4.69) is 5.32 Å². The molecule has 0 radical (unpaired) electrons. The zero-order chi connectivity index (χ0) is 12.4. The van der Waals surface area contributed by atoms with E-state index in [0.29, 0.717) is 25.7 Å². The Morgan fingerprint density at radius 1 is 1.31 bits per heavy atom. The van der Waals surface area contributed by atoms with Gasteiger partial charge in [0.15, 0.2) is 0 Å². The summed E-state index contributed by atoms with van der Waals surface area (Å²) in [6, 6.07) is -0.931. The van der Waals surface area contributed by atoms with Gasteiger partial charge in [0.05, 0.1) is 12.5 Å². The summed E-state index contributed by atoms with van der Waals surface area (Å²) in [5.74, 6) is -1.41. The molecule has 1 amide bonds. The van der Waals surface area contributed by atoms with Crippen LogP contribution in [0.25, 0.3) is 0 Å². The fraction of sp³-hybridized carbons (Fsp3) is 0.700. The number of hydrogen-bond donors (Lipinski definition) is 3. The topological polar surface area (TPSA) is 109 Å². The first kappa shape index (κ1) is 14.6. The Morgan fingerprint density at radius 2 is 2.00 bits per heavy atom. The molecule has 0 aliphatic heterocycles. The first-order chi connectivity index (χ1) is 7.60. The van der Waals surface area contributed by atoms with Gasteiger partial charge in [-0.1, -0.05) is 6.42 Å². The number of nitrogens with one attached hydrogen (secondary N) is 1. The predicted molar refractivity (Wildman–Crippen MR) is 57.8 cm³/mol. The van der Waals surface area contributed by atoms with Crippen molar-refractivity contribution >= 4 is 18.2 Å². The lowest BCUT2D eigenvalue weighted by Gasteiger charge is -2.10. The molecule has 0 aromatic rings. The van der Waals surface area contributed by atoms with Gasteiger partial charge in [-0.2, -0.15) is 0 Å². The summed E-state index contributed by atoms with van der Waals surface area (Å²) in [5.41, 5.74) is 5.29. The third kappa shape index (κ3) is 7.93. The van der Waals surface area contributed by atoms with Gasteiger partial charge in [-0.25, -0.2) is 0 Å². The van der Waals surface area contributed by atoms with Gasteiger partial charge >= 0.3 is 5.97 Å². The van der Waals surface area contributed by atoms with Crippen molar-refractivity contribution in [3.63, 3.8) is 0 Å². The van der Waals surface area contributed by atoms with Crippen molar-refractivity contribution in [1.29, 1.82) is 0 Å². The summed E-state index contributed by atoms with van der Waals surface area (Å²) in [6.07, 6.45) is 2.77. The number of carboxylic acid groups (broad SMARTS) is 1. The normalized spacial score (nSPS) is 11.8. The molecule has 0 fully saturated rings. The Morgan fingerprint density at radius 3 is 2.50 bits per heavy atom.